The molecule has 1 rings (SSSR count). The van der Waals surface area contributed by atoms with E-state index in [2.05, 4.69) is 10.3 Å². The molecule has 0 saturated heterocycles. The van der Waals surface area contributed by atoms with Gasteiger partial charge in [0.2, 0.25) is 5.91 Å². The number of hydrogen-bond donors (Lipinski definition) is 3. The van der Waals surface area contributed by atoms with Crippen LogP contribution in [0.2, 0.25) is 0 Å². The summed E-state index contributed by atoms with van der Waals surface area (Å²) in [6, 6.07) is 6.11. The standard InChI is InChI=1S/C14H19N3O3/c1-8-6-4-5-7-10(8)12(16-3)14(20)17-11(9(2)18)13(15)19/h4-7,9,11,18H,1-3H3,(H2,15,19)(H,17,20). The molecular formula is C14H19N3O3. The summed E-state index contributed by atoms with van der Waals surface area (Å²) >= 11 is 0. The molecule has 6 heteroatoms. The van der Waals surface area contributed by atoms with Crippen molar-refractivity contribution in [3.05, 3.63) is 35.4 Å². The van der Waals surface area contributed by atoms with Crippen molar-refractivity contribution in [3.63, 3.8) is 0 Å². The van der Waals surface area contributed by atoms with Crippen molar-refractivity contribution in [1.82, 2.24) is 5.32 Å². The molecule has 0 heterocycles. The Hall–Kier alpha value is -2.21. The highest BCUT2D eigenvalue weighted by Crippen LogP contribution is 2.09. The van der Waals surface area contributed by atoms with Gasteiger partial charge in [0.05, 0.1) is 6.10 Å². The van der Waals surface area contributed by atoms with Gasteiger partial charge in [0.15, 0.2) is 0 Å². The summed E-state index contributed by atoms with van der Waals surface area (Å²) in [6.45, 7) is 3.24. The fraction of sp³-hybridized carbons (Fsp3) is 0.357. The summed E-state index contributed by atoms with van der Waals surface area (Å²) in [4.78, 5) is 27.3. The monoisotopic (exact) mass is 277 g/mol. The number of aliphatic imine (C=N–C) groups is 1. The summed E-state index contributed by atoms with van der Waals surface area (Å²) in [5.41, 5.74) is 6.89. The molecule has 6 nitrogen and oxygen atoms in total. The Morgan fingerprint density at radius 2 is 1.95 bits per heavy atom. The molecule has 1 aromatic rings. The predicted octanol–water partition coefficient (Wildman–Crippen LogP) is -0.235. The third-order valence-corrected chi connectivity index (χ3v) is 2.91. The molecule has 0 aliphatic carbocycles. The van der Waals surface area contributed by atoms with Crippen molar-refractivity contribution in [2.75, 3.05) is 7.05 Å². The lowest BCUT2D eigenvalue weighted by Crippen LogP contribution is -2.52. The van der Waals surface area contributed by atoms with Crippen LogP contribution in [-0.2, 0) is 9.59 Å². The molecule has 2 unspecified atom stereocenters. The van der Waals surface area contributed by atoms with Crippen LogP contribution in [0.1, 0.15) is 18.1 Å². The average molecular weight is 277 g/mol. The number of aliphatic hydroxyl groups excluding tert-OH is 1. The normalized spacial score (nSPS) is 14.5. The quantitative estimate of drug-likeness (QED) is 0.647. The number of primary amides is 1. The Balaban J connectivity index is 3.00. The summed E-state index contributed by atoms with van der Waals surface area (Å²) in [5.74, 6) is -1.35. The second-order valence-corrected chi connectivity index (χ2v) is 4.48. The zero-order chi connectivity index (χ0) is 15.3. The van der Waals surface area contributed by atoms with E-state index in [4.69, 9.17) is 5.73 Å². The van der Waals surface area contributed by atoms with Gasteiger partial charge in [-0.15, -0.1) is 0 Å². The van der Waals surface area contributed by atoms with Gasteiger partial charge >= 0.3 is 0 Å². The number of benzene rings is 1. The van der Waals surface area contributed by atoms with Gasteiger partial charge in [0.1, 0.15) is 11.8 Å². The number of aliphatic hydroxyl groups is 1. The predicted molar refractivity (Wildman–Crippen MR) is 76.4 cm³/mol. The van der Waals surface area contributed by atoms with E-state index in [0.29, 0.717) is 5.56 Å². The van der Waals surface area contributed by atoms with Crippen LogP contribution in [0.5, 0.6) is 0 Å². The van der Waals surface area contributed by atoms with E-state index in [9.17, 15) is 14.7 Å². The molecule has 0 aliphatic heterocycles. The molecule has 0 aromatic heterocycles. The summed E-state index contributed by atoms with van der Waals surface area (Å²) in [7, 11) is 1.49. The van der Waals surface area contributed by atoms with Gasteiger partial charge in [-0.3, -0.25) is 14.6 Å². The first-order valence-electron chi connectivity index (χ1n) is 6.19. The molecule has 0 radical (unpaired) electrons. The lowest BCUT2D eigenvalue weighted by molar-refractivity contribution is -0.126. The minimum absolute atomic E-state index is 0.190. The first-order chi connectivity index (χ1) is 9.38. The van der Waals surface area contributed by atoms with Crippen molar-refractivity contribution in [2.45, 2.75) is 26.0 Å². The SMILES string of the molecule is CN=C(C(=O)NC(C(N)=O)C(C)O)c1ccccc1C. The van der Waals surface area contributed by atoms with E-state index in [0.717, 1.165) is 5.56 Å². The maximum Gasteiger partial charge on any atom is 0.270 e. The highest BCUT2D eigenvalue weighted by Gasteiger charge is 2.25. The van der Waals surface area contributed by atoms with Crippen LogP contribution in [-0.4, -0.2) is 41.8 Å². The van der Waals surface area contributed by atoms with Crippen LogP contribution in [0.3, 0.4) is 0 Å². The number of carbonyl (C=O) groups is 2. The van der Waals surface area contributed by atoms with E-state index < -0.39 is 24.0 Å². The van der Waals surface area contributed by atoms with E-state index >= 15 is 0 Å². The van der Waals surface area contributed by atoms with E-state index in [-0.39, 0.29) is 5.71 Å². The molecule has 20 heavy (non-hydrogen) atoms. The van der Waals surface area contributed by atoms with E-state index in [1.807, 2.05) is 19.1 Å². The molecule has 1 aromatic carbocycles. The summed E-state index contributed by atoms with van der Waals surface area (Å²) in [5, 5.41) is 11.9. The fourth-order valence-electron chi connectivity index (χ4n) is 1.82. The molecule has 0 spiro atoms. The van der Waals surface area contributed by atoms with Crippen LogP contribution >= 0.6 is 0 Å². The number of nitrogens with zero attached hydrogens (tertiary/aromatic N) is 1. The Labute approximate surface area is 117 Å². The molecule has 4 N–H and O–H groups in total. The Morgan fingerprint density at radius 3 is 2.40 bits per heavy atom. The number of aryl methyl sites for hydroxylation is 1. The van der Waals surface area contributed by atoms with Gasteiger partial charge < -0.3 is 16.2 Å². The van der Waals surface area contributed by atoms with Crippen molar-refractivity contribution in [2.24, 2.45) is 10.7 Å². The number of amides is 2. The second-order valence-electron chi connectivity index (χ2n) is 4.48. The first-order valence-corrected chi connectivity index (χ1v) is 6.19. The molecular weight excluding hydrogens is 258 g/mol. The Morgan fingerprint density at radius 1 is 1.35 bits per heavy atom. The maximum atomic E-state index is 12.2. The largest absolute Gasteiger partial charge is 0.391 e. The minimum atomic E-state index is -1.15. The van der Waals surface area contributed by atoms with Gasteiger partial charge in [0.25, 0.3) is 5.91 Å². The Bertz CT molecular complexity index is 538. The molecule has 0 saturated carbocycles. The van der Waals surface area contributed by atoms with Crippen LogP contribution < -0.4 is 11.1 Å². The zero-order valence-corrected chi connectivity index (χ0v) is 11.8. The van der Waals surface area contributed by atoms with E-state index in [1.54, 1.807) is 12.1 Å². The summed E-state index contributed by atoms with van der Waals surface area (Å²) < 4.78 is 0. The van der Waals surface area contributed by atoms with Gasteiger partial charge in [-0.25, -0.2) is 0 Å². The highest BCUT2D eigenvalue weighted by atomic mass is 16.3. The van der Waals surface area contributed by atoms with Crippen molar-refractivity contribution >= 4 is 17.5 Å². The van der Waals surface area contributed by atoms with Crippen molar-refractivity contribution in [3.8, 4) is 0 Å². The summed E-state index contributed by atoms with van der Waals surface area (Å²) in [6.07, 6.45) is -1.08. The first kappa shape index (κ1) is 15.8. The lowest BCUT2D eigenvalue weighted by Gasteiger charge is -2.19. The molecule has 0 aliphatic rings. The number of carbonyl (C=O) groups excluding carboxylic acids is 2. The maximum absolute atomic E-state index is 12.2. The molecule has 2 amide bonds. The minimum Gasteiger partial charge on any atom is -0.391 e. The van der Waals surface area contributed by atoms with Gasteiger partial charge in [-0.05, 0) is 19.4 Å². The lowest BCUT2D eigenvalue weighted by atomic mass is 10.0. The number of nitrogens with two attached hydrogens (primary N) is 1. The number of rotatable bonds is 5. The Kier molecular flexibility index (Phi) is 5.40. The van der Waals surface area contributed by atoms with Gasteiger partial charge in [0, 0.05) is 12.6 Å². The van der Waals surface area contributed by atoms with Crippen molar-refractivity contribution < 1.29 is 14.7 Å². The molecule has 0 fully saturated rings. The number of hydrogen-bond acceptors (Lipinski definition) is 4. The van der Waals surface area contributed by atoms with Crippen LogP contribution in [0.4, 0.5) is 0 Å². The van der Waals surface area contributed by atoms with Crippen LogP contribution in [0.25, 0.3) is 0 Å². The van der Waals surface area contributed by atoms with Crippen LogP contribution in [0.15, 0.2) is 29.3 Å². The smallest absolute Gasteiger partial charge is 0.270 e. The zero-order valence-electron chi connectivity index (χ0n) is 11.8. The third-order valence-electron chi connectivity index (χ3n) is 2.91. The third kappa shape index (κ3) is 3.64. The second kappa shape index (κ2) is 6.81. The van der Waals surface area contributed by atoms with Gasteiger partial charge in [-0.2, -0.15) is 0 Å². The molecule has 0 bridgehead atoms. The van der Waals surface area contributed by atoms with Crippen molar-refractivity contribution in [1.29, 1.82) is 0 Å². The average Bonchev–Trinajstić information content (AvgIpc) is 2.38. The van der Waals surface area contributed by atoms with Crippen LogP contribution in [0, 0.1) is 6.92 Å². The van der Waals surface area contributed by atoms with Gasteiger partial charge in [-0.1, -0.05) is 24.3 Å². The number of nitrogens with one attached hydrogen (secondary N) is 1. The topological polar surface area (TPSA) is 105 Å². The fourth-order valence-corrected chi connectivity index (χ4v) is 1.82. The highest BCUT2D eigenvalue weighted by molar-refractivity contribution is 6.45. The molecule has 2 atom stereocenters. The van der Waals surface area contributed by atoms with E-state index in [1.165, 1.54) is 14.0 Å². The molecule has 108 valence electrons.